The first-order valence-electron chi connectivity index (χ1n) is 13.1. The first-order chi connectivity index (χ1) is 16.5. The largest absolute Gasteiger partial charge is 0.465 e. The molecule has 1 aromatic heterocycles. The Morgan fingerprint density at radius 2 is 1.69 bits per heavy atom. The molecule has 0 amide bonds. The molecule has 0 saturated heterocycles. The molecule has 1 aromatic carbocycles. The highest BCUT2D eigenvalue weighted by atomic mass is 32.2. The van der Waals surface area contributed by atoms with Crippen molar-refractivity contribution in [3.8, 4) is 0 Å². The van der Waals surface area contributed by atoms with Crippen LogP contribution in [-0.4, -0.2) is 32.4 Å². The topological polar surface area (TPSA) is 59.8 Å². The van der Waals surface area contributed by atoms with Crippen LogP contribution in [0, 0.1) is 17.3 Å². The molecule has 2 aromatic rings. The molecule has 1 heterocycles. The van der Waals surface area contributed by atoms with Gasteiger partial charge in [0.05, 0.1) is 12.0 Å². The summed E-state index contributed by atoms with van der Waals surface area (Å²) in [6, 6.07) is 7.62. The number of anilines is 1. The van der Waals surface area contributed by atoms with Gasteiger partial charge in [-0.25, -0.2) is 4.79 Å². The Morgan fingerprint density at radius 3 is 2.34 bits per heavy atom. The minimum Gasteiger partial charge on any atom is -0.465 e. The summed E-state index contributed by atoms with van der Waals surface area (Å²) in [5.41, 5.74) is 0.933. The van der Waals surface area contributed by atoms with Crippen molar-refractivity contribution in [2.45, 2.75) is 84.5 Å². The number of rotatable bonds is 15. The Labute approximate surface area is 216 Å². The summed E-state index contributed by atoms with van der Waals surface area (Å²) in [5, 5.41) is 0.997. The number of carbonyl (C=O) groups excluding carboxylic acids is 1. The van der Waals surface area contributed by atoms with Crippen LogP contribution in [0.1, 0.15) is 79.6 Å². The van der Waals surface area contributed by atoms with Crippen LogP contribution in [0.2, 0.25) is 0 Å². The third-order valence-electron chi connectivity index (χ3n) is 6.82. The summed E-state index contributed by atoms with van der Waals surface area (Å²) in [6.45, 7) is 11.1. The van der Waals surface area contributed by atoms with E-state index < -0.39 is 5.41 Å². The van der Waals surface area contributed by atoms with Crippen molar-refractivity contribution in [3.05, 3.63) is 34.7 Å². The number of carbonyl (C=O) groups is 1. The fraction of sp³-hybridized carbons (Fsp3) is 0.655. The molecular formula is C29H45NO4S. The maximum absolute atomic E-state index is 12.5. The fourth-order valence-electron chi connectivity index (χ4n) is 4.17. The van der Waals surface area contributed by atoms with Crippen LogP contribution < -0.4 is 10.5 Å². The van der Waals surface area contributed by atoms with Gasteiger partial charge in [-0.2, -0.15) is 0 Å². The van der Waals surface area contributed by atoms with Crippen LogP contribution in [0.3, 0.4) is 0 Å². The van der Waals surface area contributed by atoms with Gasteiger partial charge in [0, 0.05) is 42.2 Å². The second kappa shape index (κ2) is 14.0. The normalized spacial score (nSPS) is 12.8. The van der Waals surface area contributed by atoms with Gasteiger partial charge < -0.3 is 14.1 Å². The average molecular weight is 504 g/mol. The molecule has 0 N–H and O–H groups in total. The Bertz CT molecular complexity index is 996. The van der Waals surface area contributed by atoms with Crippen LogP contribution in [0.15, 0.2) is 38.4 Å². The molecule has 1 atom stereocenters. The second-order valence-electron chi connectivity index (χ2n) is 10.9. The van der Waals surface area contributed by atoms with Gasteiger partial charge in [-0.3, -0.25) is 4.79 Å². The van der Waals surface area contributed by atoms with Gasteiger partial charge in [0.1, 0.15) is 5.58 Å². The van der Waals surface area contributed by atoms with Crippen molar-refractivity contribution in [2.24, 2.45) is 17.3 Å². The molecule has 2 rings (SSSR count). The minimum atomic E-state index is -0.429. The lowest BCUT2D eigenvalue weighted by molar-refractivity contribution is -0.157. The number of nitrogens with zero attached hydrogens (tertiary/aromatic N) is 1. The van der Waals surface area contributed by atoms with Crippen LogP contribution in [0.4, 0.5) is 5.69 Å². The van der Waals surface area contributed by atoms with Crippen LogP contribution >= 0.6 is 11.8 Å². The lowest BCUT2D eigenvalue weighted by Crippen LogP contribution is -2.34. The lowest BCUT2D eigenvalue weighted by atomic mass is 9.76. The van der Waals surface area contributed by atoms with Crippen molar-refractivity contribution in [2.75, 3.05) is 31.4 Å². The lowest BCUT2D eigenvalue weighted by Gasteiger charge is -2.30. The van der Waals surface area contributed by atoms with Gasteiger partial charge in [-0.15, -0.1) is 11.8 Å². The number of unbranched alkanes of at least 4 members (excludes halogenated alkanes) is 5. The fourth-order valence-corrected chi connectivity index (χ4v) is 5.24. The molecular weight excluding hydrogens is 458 g/mol. The number of esters is 1. The van der Waals surface area contributed by atoms with Gasteiger partial charge >= 0.3 is 11.6 Å². The van der Waals surface area contributed by atoms with E-state index in [1.165, 1.54) is 6.42 Å². The molecule has 0 saturated carbocycles. The molecule has 0 bridgehead atoms. The first-order valence-corrected chi connectivity index (χ1v) is 14.1. The van der Waals surface area contributed by atoms with E-state index in [-0.39, 0.29) is 11.6 Å². The number of hydrogen-bond acceptors (Lipinski definition) is 6. The first kappa shape index (κ1) is 29.3. The number of ether oxygens (including phenoxy) is 1. The molecule has 0 aliphatic carbocycles. The maximum Gasteiger partial charge on any atom is 0.337 e. The van der Waals surface area contributed by atoms with Gasteiger partial charge in [-0.05, 0) is 62.8 Å². The van der Waals surface area contributed by atoms with Crippen LogP contribution in [-0.2, 0) is 9.53 Å². The van der Waals surface area contributed by atoms with Crippen LogP contribution in [0.5, 0.6) is 0 Å². The molecule has 35 heavy (non-hydrogen) atoms. The number of thioether (sulfide) groups is 1. The van der Waals surface area contributed by atoms with Crippen molar-refractivity contribution in [1.82, 2.24) is 0 Å². The van der Waals surface area contributed by atoms with E-state index in [9.17, 15) is 9.59 Å². The molecule has 0 spiro atoms. The maximum atomic E-state index is 12.5. The second-order valence-corrected chi connectivity index (χ2v) is 12.0. The third-order valence-corrected chi connectivity index (χ3v) is 7.96. The quantitative estimate of drug-likeness (QED) is 0.108. The number of fused-ring (bicyclic) bond motifs is 1. The summed E-state index contributed by atoms with van der Waals surface area (Å²) < 4.78 is 11.0. The van der Waals surface area contributed by atoms with Gasteiger partial charge in [0.2, 0.25) is 0 Å². The zero-order valence-corrected chi connectivity index (χ0v) is 23.6. The summed E-state index contributed by atoms with van der Waals surface area (Å²) in [7, 11) is 3.95. The highest BCUT2D eigenvalue weighted by Crippen LogP contribution is 2.33. The van der Waals surface area contributed by atoms with Crippen molar-refractivity contribution >= 4 is 34.4 Å². The van der Waals surface area contributed by atoms with E-state index in [0.29, 0.717) is 24.0 Å². The summed E-state index contributed by atoms with van der Waals surface area (Å²) in [5.74, 6) is 1.81. The van der Waals surface area contributed by atoms with Crippen molar-refractivity contribution < 1.29 is 13.9 Å². The SMILES string of the molecule is CC(C)CC(C)C(C)(C)C(=O)OCCCCCCCCSc1cc(=O)oc2cc(N(C)C)ccc12. The summed E-state index contributed by atoms with van der Waals surface area (Å²) in [6.07, 6.45) is 7.65. The van der Waals surface area contributed by atoms with E-state index in [4.69, 9.17) is 9.15 Å². The molecule has 0 aliphatic rings. The zero-order valence-electron chi connectivity index (χ0n) is 22.8. The minimum absolute atomic E-state index is 0.0666. The Hall–Kier alpha value is -1.95. The van der Waals surface area contributed by atoms with Crippen LogP contribution in [0.25, 0.3) is 11.0 Å². The molecule has 1 unspecified atom stereocenters. The van der Waals surface area contributed by atoms with E-state index in [1.807, 2.05) is 45.0 Å². The number of benzene rings is 1. The van der Waals surface area contributed by atoms with Gasteiger partial charge in [0.25, 0.3) is 0 Å². The summed E-state index contributed by atoms with van der Waals surface area (Å²) in [4.78, 5) is 27.5. The Morgan fingerprint density at radius 1 is 1.03 bits per heavy atom. The Kier molecular flexibility index (Phi) is 11.7. The summed E-state index contributed by atoms with van der Waals surface area (Å²) >= 11 is 1.73. The van der Waals surface area contributed by atoms with E-state index in [1.54, 1.807) is 17.8 Å². The molecule has 6 heteroatoms. The third kappa shape index (κ3) is 9.21. The highest BCUT2D eigenvalue weighted by Gasteiger charge is 2.35. The smallest absolute Gasteiger partial charge is 0.337 e. The Balaban J connectivity index is 1.63. The van der Waals surface area contributed by atoms with Gasteiger partial charge in [0.15, 0.2) is 0 Å². The zero-order chi connectivity index (χ0) is 26.0. The standard InChI is InChI=1S/C29H45NO4S/c1-21(2)18-22(3)29(4,5)28(32)33-16-12-10-8-9-11-13-17-35-26-20-27(31)34-25-19-23(30(6)7)14-15-24(25)26/h14-15,19-22H,8-13,16-18H2,1-7H3. The molecule has 0 fully saturated rings. The highest BCUT2D eigenvalue weighted by molar-refractivity contribution is 7.99. The predicted octanol–water partition coefficient (Wildman–Crippen LogP) is 7.54. The van der Waals surface area contributed by atoms with E-state index >= 15 is 0 Å². The van der Waals surface area contributed by atoms with Crippen molar-refractivity contribution in [1.29, 1.82) is 0 Å². The molecule has 5 nitrogen and oxygen atoms in total. The van der Waals surface area contributed by atoms with E-state index in [2.05, 4.69) is 26.8 Å². The van der Waals surface area contributed by atoms with Crippen molar-refractivity contribution in [3.63, 3.8) is 0 Å². The predicted molar refractivity (Wildman–Crippen MR) is 149 cm³/mol. The molecule has 0 radical (unpaired) electrons. The van der Waals surface area contributed by atoms with Gasteiger partial charge in [-0.1, -0.05) is 46.5 Å². The van der Waals surface area contributed by atoms with E-state index in [0.717, 1.165) is 60.2 Å². The molecule has 0 aliphatic heterocycles. The average Bonchev–Trinajstić information content (AvgIpc) is 2.78. The molecule has 196 valence electrons. The monoisotopic (exact) mass is 503 g/mol. The number of hydrogen-bond donors (Lipinski definition) is 0.